The fraction of sp³-hybridized carbons (Fsp3) is 0.0909. The van der Waals surface area contributed by atoms with Crippen molar-refractivity contribution in [2.24, 2.45) is 0 Å². The van der Waals surface area contributed by atoms with Crippen molar-refractivity contribution in [1.29, 1.82) is 0 Å². The molecular formula is C22H20N2O2. The zero-order valence-electron chi connectivity index (χ0n) is 14.1. The summed E-state index contributed by atoms with van der Waals surface area (Å²) in [5.41, 5.74) is 4.86. The maximum atomic E-state index is 10.5. The van der Waals surface area contributed by atoms with E-state index in [1.165, 1.54) is 0 Å². The molecule has 2 heterocycles. The van der Waals surface area contributed by atoms with E-state index in [1.54, 1.807) is 0 Å². The highest BCUT2D eigenvalue weighted by molar-refractivity contribution is 5.57. The molecule has 2 aromatic carbocycles. The van der Waals surface area contributed by atoms with E-state index in [9.17, 15) is 10.2 Å². The van der Waals surface area contributed by atoms with Crippen molar-refractivity contribution >= 4 is 0 Å². The van der Waals surface area contributed by atoms with Crippen LogP contribution in [-0.2, 0) is 0 Å². The molecule has 0 radical (unpaired) electrons. The molecule has 0 fully saturated rings. The normalized spacial score (nSPS) is 13.5. The van der Waals surface area contributed by atoms with E-state index in [4.69, 9.17) is 0 Å². The first kappa shape index (κ1) is 16.4. The standard InChI is InChI=1S/C22H20N2O2/c25-21(15-7-3-1-4-8-15)19-13-11-17(23-19)18-12-14-20(24-18)22(26)16-9-5-2-6-10-16/h1-14,21-26H. The molecule has 4 aromatic rings. The van der Waals surface area contributed by atoms with Gasteiger partial charge < -0.3 is 20.2 Å². The molecule has 4 N–H and O–H groups in total. The fourth-order valence-electron chi connectivity index (χ4n) is 3.09. The molecular weight excluding hydrogens is 324 g/mol. The van der Waals surface area contributed by atoms with Gasteiger partial charge in [-0.2, -0.15) is 0 Å². The number of nitrogens with one attached hydrogen (secondary N) is 2. The Morgan fingerprint density at radius 3 is 1.27 bits per heavy atom. The Labute approximate surface area is 151 Å². The van der Waals surface area contributed by atoms with Crippen molar-refractivity contribution in [3.8, 4) is 11.4 Å². The lowest BCUT2D eigenvalue weighted by Gasteiger charge is -2.09. The van der Waals surface area contributed by atoms with Crippen LogP contribution in [0.15, 0.2) is 84.9 Å². The van der Waals surface area contributed by atoms with Crippen LogP contribution in [0.3, 0.4) is 0 Å². The van der Waals surface area contributed by atoms with Crippen molar-refractivity contribution in [2.45, 2.75) is 12.2 Å². The third-order valence-electron chi connectivity index (χ3n) is 4.53. The zero-order chi connectivity index (χ0) is 17.9. The van der Waals surface area contributed by atoms with Crippen LogP contribution in [0.1, 0.15) is 34.7 Å². The molecule has 0 aliphatic carbocycles. The van der Waals surface area contributed by atoms with Crippen LogP contribution in [0.4, 0.5) is 0 Å². The second-order valence-corrected chi connectivity index (χ2v) is 6.28. The molecule has 0 aliphatic rings. The summed E-state index contributed by atoms with van der Waals surface area (Å²) >= 11 is 0. The lowest BCUT2D eigenvalue weighted by molar-refractivity contribution is 0.215. The first-order valence-electron chi connectivity index (χ1n) is 8.56. The molecule has 0 saturated heterocycles. The minimum absolute atomic E-state index is 0.700. The predicted octanol–water partition coefficient (Wildman–Crippen LogP) is 4.17. The van der Waals surface area contributed by atoms with Gasteiger partial charge in [-0.15, -0.1) is 0 Å². The van der Waals surface area contributed by atoms with Gasteiger partial charge in [0.1, 0.15) is 12.2 Å². The summed E-state index contributed by atoms with van der Waals surface area (Å²) in [6.45, 7) is 0. The van der Waals surface area contributed by atoms with E-state index in [0.717, 1.165) is 33.9 Å². The molecule has 4 nitrogen and oxygen atoms in total. The smallest absolute Gasteiger partial charge is 0.119 e. The summed E-state index contributed by atoms with van der Waals surface area (Å²) < 4.78 is 0. The molecule has 4 rings (SSSR count). The fourth-order valence-corrected chi connectivity index (χ4v) is 3.09. The first-order valence-corrected chi connectivity index (χ1v) is 8.56. The molecule has 2 aromatic heterocycles. The minimum atomic E-state index is -0.700. The van der Waals surface area contributed by atoms with Crippen LogP contribution in [0.5, 0.6) is 0 Å². The second kappa shape index (κ2) is 7.04. The van der Waals surface area contributed by atoms with Crippen LogP contribution in [0.2, 0.25) is 0 Å². The van der Waals surface area contributed by atoms with Crippen molar-refractivity contribution in [2.75, 3.05) is 0 Å². The van der Waals surface area contributed by atoms with Gasteiger partial charge in [0.2, 0.25) is 0 Å². The summed E-state index contributed by atoms with van der Waals surface area (Å²) in [5.74, 6) is 0. The number of H-pyrrole nitrogens is 2. The van der Waals surface area contributed by atoms with E-state index in [0.29, 0.717) is 0 Å². The monoisotopic (exact) mass is 344 g/mol. The van der Waals surface area contributed by atoms with Crippen molar-refractivity contribution in [1.82, 2.24) is 9.97 Å². The Hall–Kier alpha value is -3.08. The number of hydrogen-bond acceptors (Lipinski definition) is 2. The van der Waals surface area contributed by atoms with Crippen molar-refractivity contribution in [3.63, 3.8) is 0 Å². The average Bonchev–Trinajstić information content (AvgIpc) is 3.38. The van der Waals surface area contributed by atoms with E-state index in [1.807, 2.05) is 84.9 Å². The number of aliphatic hydroxyl groups is 2. The topological polar surface area (TPSA) is 72.0 Å². The third kappa shape index (κ3) is 3.20. The third-order valence-corrected chi connectivity index (χ3v) is 4.53. The highest BCUT2D eigenvalue weighted by atomic mass is 16.3. The van der Waals surface area contributed by atoms with Crippen LogP contribution in [0.25, 0.3) is 11.4 Å². The lowest BCUT2D eigenvalue weighted by Crippen LogP contribution is -2.00. The Bertz CT molecular complexity index is 892. The molecule has 2 atom stereocenters. The minimum Gasteiger partial charge on any atom is -0.382 e. The molecule has 26 heavy (non-hydrogen) atoms. The number of rotatable bonds is 5. The predicted molar refractivity (Wildman–Crippen MR) is 102 cm³/mol. The molecule has 0 amide bonds. The van der Waals surface area contributed by atoms with Gasteiger partial charge in [0.05, 0.1) is 11.4 Å². The summed E-state index contributed by atoms with van der Waals surface area (Å²) in [4.78, 5) is 6.51. The Morgan fingerprint density at radius 2 is 0.885 bits per heavy atom. The summed E-state index contributed by atoms with van der Waals surface area (Å²) in [5, 5.41) is 21.0. The van der Waals surface area contributed by atoms with Gasteiger partial charge in [-0.25, -0.2) is 0 Å². The SMILES string of the molecule is OC(c1ccccc1)c1ccc(-c2ccc(C(O)c3ccccc3)[nH]2)[nH]1. The van der Waals surface area contributed by atoms with Crippen molar-refractivity contribution in [3.05, 3.63) is 107 Å². The Balaban J connectivity index is 1.56. The van der Waals surface area contributed by atoms with E-state index < -0.39 is 12.2 Å². The van der Waals surface area contributed by atoms with Crippen LogP contribution < -0.4 is 0 Å². The number of aliphatic hydroxyl groups excluding tert-OH is 2. The average molecular weight is 344 g/mol. The highest BCUT2D eigenvalue weighted by Crippen LogP contribution is 2.27. The van der Waals surface area contributed by atoms with Crippen LogP contribution in [-0.4, -0.2) is 20.2 Å². The number of hydrogen-bond donors (Lipinski definition) is 4. The Morgan fingerprint density at radius 1 is 0.500 bits per heavy atom. The molecule has 0 spiro atoms. The zero-order valence-corrected chi connectivity index (χ0v) is 14.1. The first-order chi connectivity index (χ1) is 12.7. The summed E-state index contributed by atoms with van der Waals surface area (Å²) in [6, 6.07) is 26.7. The van der Waals surface area contributed by atoms with Crippen molar-refractivity contribution < 1.29 is 10.2 Å². The van der Waals surface area contributed by atoms with E-state index in [2.05, 4.69) is 9.97 Å². The van der Waals surface area contributed by atoms with Gasteiger partial charge in [0.15, 0.2) is 0 Å². The van der Waals surface area contributed by atoms with Gasteiger partial charge >= 0.3 is 0 Å². The largest absolute Gasteiger partial charge is 0.382 e. The van der Waals surface area contributed by atoms with Gasteiger partial charge in [-0.05, 0) is 35.4 Å². The summed E-state index contributed by atoms with van der Waals surface area (Å²) in [7, 11) is 0. The number of aromatic amines is 2. The van der Waals surface area contributed by atoms with Gasteiger partial charge in [-0.1, -0.05) is 60.7 Å². The Kier molecular flexibility index (Phi) is 4.44. The van der Waals surface area contributed by atoms with Gasteiger partial charge in [0.25, 0.3) is 0 Å². The molecule has 130 valence electrons. The number of benzene rings is 2. The highest BCUT2D eigenvalue weighted by Gasteiger charge is 2.15. The van der Waals surface area contributed by atoms with E-state index in [-0.39, 0.29) is 0 Å². The quantitative estimate of drug-likeness (QED) is 0.439. The van der Waals surface area contributed by atoms with Crippen LogP contribution >= 0.6 is 0 Å². The molecule has 0 bridgehead atoms. The maximum Gasteiger partial charge on any atom is 0.119 e. The molecule has 4 heteroatoms. The molecule has 0 saturated carbocycles. The maximum absolute atomic E-state index is 10.5. The summed E-state index contributed by atoms with van der Waals surface area (Å²) in [6.07, 6.45) is -1.40. The van der Waals surface area contributed by atoms with E-state index >= 15 is 0 Å². The lowest BCUT2D eigenvalue weighted by atomic mass is 10.1. The van der Waals surface area contributed by atoms with Gasteiger partial charge in [0, 0.05) is 11.4 Å². The number of aromatic nitrogens is 2. The molecule has 2 unspecified atom stereocenters. The van der Waals surface area contributed by atoms with Gasteiger partial charge in [-0.3, -0.25) is 0 Å². The second-order valence-electron chi connectivity index (χ2n) is 6.28. The van der Waals surface area contributed by atoms with Crippen LogP contribution in [0, 0.1) is 0 Å². The molecule has 0 aliphatic heterocycles.